The second-order valence-corrected chi connectivity index (χ2v) is 7.13. The van der Waals surface area contributed by atoms with Gasteiger partial charge >= 0.3 is 0 Å². The van der Waals surface area contributed by atoms with Gasteiger partial charge < -0.3 is 5.32 Å². The van der Waals surface area contributed by atoms with E-state index in [-0.39, 0.29) is 6.10 Å². The van der Waals surface area contributed by atoms with E-state index in [0.717, 1.165) is 11.3 Å². The number of nitrogens with zero attached hydrogens (tertiary/aromatic N) is 1. The van der Waals surface area contributed by atoms with E-state index in [4.69, 9.17) is 51.2 Å². The quantitative estimate of drug-likeness (QED) is 0.701. The minimum absolute atomic E-state index is 0.311. The maximum absolute atomic E-state index is 11.5. The van der Waals surface area contributed by atoms with Crippen molar-refractivity contribution in [2.75, 3.05) is 17.0 Å². The van der Waals surface area contributed by atoms with Crippen LogP contribution in [0.1, 0.15) is 11.7 Å². The van der Waals surface area contributed by atoms with Gasteiger partial charge in [-0.1, -0.05) is 52.5 Å². The van der Waals surface area contributed by atoms with Crippen molar-refractivity contribution in [3.8, 4) is 0 Å². The molecule has 2 N–H and O–H groups in total. The Hall–Kier alpha value is -1.21. The van der Waals surface area contributed by atoms with Gasteiger partial charge in [-0.15, -0.1) is 0 Å². The predicted molar refractivity (Wildman–Crippen MR) is 101 cm³/mol. The van der Waals surface area contributed by atoms with Crippen LogP contribution in [0.5, 0.6) is 0 Å². The number of amides is 1. The second kappa shape index (κ2) is 7.99. The van der Waals surface area contributed by atoms with Gasteiger partial charge in [-0.05, 0) is 36.4 Å². The molecule has 0 radical (unpaired) electrons. The molecule has 25 heavy (non-hydrogen) atoms. The Bertz CT molecular complexity index is 750. The van der Waals surface area contributed by atoms with Gasteiger partial charge in [0.2, 0.25) is 0 Å². The molecule has 1 aliphatic rings. The molecule has 0 spiro atoms. The number of anilines is 2. The van der Waals surface area contributed by atoms with Crippen LogP contribution in [-0.2, 0) is 9.63 Å². The van der Waals surface area contributed by atoms with E-state index in [0.29, 0.717) is 22.3 Å². The third-order valence-electron chi connectivity index (χ3n) is 3.54. The minimum atomic E-state index is -1.12. The molecular formula is C16H13Cl4N3O2. The molecular weight excluding hydrogens is 408 g/mol. The van der Waals surface area contributed by atoms with Gasteiger partial charge in [-0.2, -0.15) is 5.17 Å². The zero-order valence-electron chi connectivity index (χ0n) is 12.7. The maximum atomic E-state index is 11.5. The van der Waals surface area contributed by atoms with Crippen molar-refractivity contribution in [3.63, 3.8) is 0 Å². The number of rotatable bonds is 4. The number of hydrogen-bond acceptors (Lipinski definition) is 4. The molecule has 1 fully saturated rings. The van der Waals surface area contributed by atoms with Crippen LogP contribution in [0.15, 0.2) is 42.5 Å². The molecule has 0 aliphatic carbocycles. The first kappa shape index (κ1) is 18.6. The highest BCUT2D eigenvalue weighted by Gasteiger charge is 2.28. The number of hydrogen-bond donors (Lipinski definition) is 2. The Kier molecular flexibility index (Phi) is 5.94. The molecule has 9 heteroatoms. The van der Waals surface area contributed by atoms with Crippen molar-refractivity contribution < 1.29 is 9.63 Å². The highest BCUT2D eigenvalue weighted by molar-refractivity contribution is 6.54. The summed E-state index contributed by atoms with van der Waals surface area (Å²) in [7, 11) is 0. The lowest BCUT2D eigenvalue weighted by molar-refractivity contribution is -0.114. The predicted octanol–water partition coefficient (Wildman–Crippen LogP) is 4.73. The molecule has 0 saturated carbocycles. The molecule has 1 unspecified atom stereocenters. The van der Waals surface area contributed by atoms with E-state index in [9.17, 15) is 4.79 Å². The minimum Gasteiger partial charge on any atom is -0.324 e. The van der Waals surface area contributed by atoms with Crippen molar-refractivity contribution in [1.82, 2.24) is 5.43 Å². The molecule has 0 bridgehead atoms. The Morgan fingerprint density at radius 3 is 2.40 bits per heavy atom. The summed E-state index contributed by atoms with van der Waals surface area (Å²) in [6.07, 6.45) is -0.311. The average molecular weight is 421 g/mol. The molecule has 1 saturated heterocycles. The third kappa shape index (κ3) is 4.31. The third-order valence-corrected chi connectivity index (χ3v) is 4.60. The summed E-state index contributed by atoms with van der Waals surface area (Å²) in [5.41, 5.74) is 5.18. The summed E-state index contributed by atoms with van der Waals surface area (Å²) >= 11 is 23.5. The molecule has 132 valence electrons. The number of nitrogens with one attached hydrogen (secondary N) is 2. The lowest BCUT2D eigenvalue weighted by Crippen LogP contribution is -2.29. The molecule has 1 amide bonds. The van der Waals surface area contributed by atoms with E-state index in [1.54, 1.807) is 42.5 Å². The molecule has 5 nitrogen and oxygen atoms in total. The second-order valence-electron chi connectivity index (χ2n) is 5.22. The number of carbonyl (C=O) groups excluding carboxylic acids is 1. The molecule has 1 heterocycles. The van der Waals surface area contributed by atoms with Crippen molar-refractivity contribution in [1.29, 1.82) is 0 Å². The largest absolute Gasteiger partial charge is 0.324 e. The van der Waals surface area contributed by atoms with Crippen LogP contribution < -0.4 is 15.9 Å². The summed E-state index contributed by atoms with van der Waals surface area (Å²) in [4.78, 5) is 16.2. The first-order valence-electron chi connectivity index (χ1n) is 7.29. The van der Waals surface area contributed by atoms with E-state index in [1.807, 2.05) is 0 Å². The Balaban J connectivity index is 1.69. The van der Waals surface area contributed by atoms with E-state index in [2.05, 4.69) is 10.7 Å². The fraction of sp³-hybridized carbons (Fsp3) is 0.188. The Labute approximate surface area is 164 Å². The van der Waals surface area contributed by atoms with E-state index >= 15 is 0 Å². The summed E-state index contributed by atoms with van der Waals surface area (Å²) < 4.78 is 0. The van der Waals surface area contributed by atoms with Crippen molar-refractivity contribution in [2.24, 2.45) is 0 Å². The maximum Gasteiger partial charge on any atom is 0.257 e. The number of carbonyl (C=O) groups is 1. The summed E-state index contributed by atoms with van der Waals surface area (Å²) in [6, 6.07) is 12.3. The fourth-order valence-electron chi connectivity index (χ4n) is 2.37. The van der Waals surface area contributed by atoms with Gasteiger partial charge in [0.15, 0.2) is 4.84 Å². The van der Waals surface area contributed by atoms with E-state index < -0.39 is 10.7 Å². The number of hydrazine groups is 1. The van der Waals surface area contributed by atoms with Crippen LogP contribution in [0.3, 0.4) is 0 Å². The molecule has 0 aromatic heterocycles. The fourth-order valence-corrected chi connectivity index (χ4v) is 3.12. The van der Waals surface area contributed by atoms with Crippen LogP contribution in [0.2, 0.25) is 10.0 Å². The van der Waals surface area contributed by atoms with Gasteiger partial charge in [0.05, 0.1) is 12.2 Å². The standard InChI is InChI=1S/C16H13Cl4N3O2/c17-11-2-1-3-12(18)14(11)13-8-21-23(25-13)10-6-4-9(5-7-10)22-16(24)15(19)20/h1-7,13,15,21H,8H2,(H,22,24). The van der Waals surface area contributed by atoms with Crippen LogP contribution in [0.4, 0.5) is 11.4 Å². The monoisotopic (exact) mass is 419 g/mol. The molecule has 1 atom stereocenters. The smallest absolute Gasteiger partial charge is 0.257 e. The molecule has 2 aromatic carbocycles. The SMILES string of the molecule is O=C(Nc1ccc(N2NCC(c3c(Cl)cccc3Cl)O2)cc1)C(Cl)Cl. The summed E-state index contributed by atoms with van der Waals surface area (Å²) in [5, 5.41) is 5.22. The Morgan fingerprint density at radius 1 is 1.16 bits per heavy atom. The summed E-state index contributed by atoms with van der Waals surface area (Å²) in [6.45, 7) is 0.516. The molecule has 1 aliphatic heterocycles. The highest BCUT2D eigenvalue weighted by atomic mass is 35.5. The van der Waals surface area contributed by atoms with Crippen molar-refractivity contribution in [3.05, 3.63) is 58.1 Å². The lowest BCUT2D eigenvalue weighted by Gasteiger charge is -2.18. The number of benzene rings is 2. The van der Waals surface area contributed by atoms with Gasteiger partial charge in [0.1, 0.15) is 6.10 Å². The van der Waals surface area contributed by atoms with Gasteiger partial charge in [-0.3, -0.25) is 4.79 Å². The first-order valence-corrected chi connectivity index (χ1v) is 8.92. The normalized spacial score (nSPS) is 17.2. The average Bonchev–Trinajstić information content (AvgIpc) is 3.05. The van der Waals surface area contributed by atoms with Gasteiger partial charge in [0, 0.05) is 21.3 Å². The molecule has 2 aromatic rings. The zero-order chi connectivity index (χ0) is 18.0. The van der Waals surface area contributed by atoms with Crippen LogP contribution in [-0.4, -0.2) is 17.3 Å². The summed E-state index contributed by atoms with van der Waals surface area (Å²) in [5.74, 6) is -0.486. The van der Waals surface area contributed by atoms with Crippen molar-refractivity contribution in [2.45, 2.75) is 10.9 Å². The van der Waals surface area contributed by atoms with Crippen LogP contribution in [0, 0.1) is 0 Å². The first-order chi connectivity index (χ1) is 12.0. The van der Waals surface area contributed by atoms with Crippen LogP contribution >= 0.6 is 46.4 Å². The number of alkyl halides is 2. The number of halogens is 4. The van der Waals surface area contributed by atoms with Crippen molar-refractivity contribution >= 4 is 63.7 Å². The highest BCUT2D eigenvalue weighted by Crippen LogP contribution is 2.35. The topological polar surface area (TPSA) is 53.6 Å². The van der Waals surface area contributed by atoms with Gasteiger partial charge in [0.25, 0.3) is 5.91 Å². The van der Waals surface area contributed by atoms with E-state index in [1.165, 1.54) is 5.17 Å². The zero-order valence-corrected chi connectivity index (χ0v) is 15.7. The van der Waals surface area contributed by atoms with Crippen LogP contribution in [0.25, 0.3) is 0 Å². The van der Waals surface area contributed by atoms with Gasteiger partial charge in [-0.25, -0.2) is 10.3 Å². The lowest BCUT2D eigenvalue weighted by atomic mass is 10.1. The Morgan fingerprint density at radius 2 is 1.80 bits per heavy atom. The molecule has 3 rings (SSSR count).